The quantitative estimate of drug-likeness (QED) is 0.587. The molecule has 0 aliphatic carbocycles. The Kier molecular flexibility index (Phi) is 6.45. The number of amides is 1. The second-order valence-corrected chi connectivity index (χ2v) is 5.78. The number of rotatable bonds is 8. The summed E-state index contributed by atoms with van der Waals surface area (Å²) >= 11 is 0. The molecule has 1 amide bonds. The standard InChI is InChI=1S/C18H21N3O4/c1-13(10-11-15-7-4-3-5-8-15)20-18(22)14(2)25-16-9-6-12-19-17(16)21(23)24/h3-9,12-14H,10-11H2,1-2H3,(H,20,22). The largest absolute Gasteiger partial charge is 0.473 e. The zero-order chi connectivity index (χ0) is 18.2. The number of carbonyl (C=O) groups excluding carboxylic acids is 1. The molecule has 1 aromatic carbocycles. The number of aryl methyl sites for hydroxylation is 1. The van der Waals surface area contributed by atoms with E-state index in [0.29, 0.717) is 0 Å². The van der Waals surface area contributed by atoms with Crippen LogP contribution in [0.25, 0.3) is 0 Å². The number of pyridine rings is 1. The lowest BCUT2D eigenvalue weighted by Gasteiger charge is -2.18. The predicted molar refractivity (Wildman–Crippen MR) is 93.3 cm³/mol. The fraction of sp³-hybridized carbons (Fsp3) is 0.333. The monoisotopic (exact) mass is 343 g/mol. The van der Waals surface area contributed by atoms with Crippen LogP contribution in [0.5, 0.6) is 5.75 Å². The number of ether oxygens (including phenoxy) is 1. The average molecular weight is 343 g/mol. The first-order valence-corrected chi connectivity index (χ1v) is 8.07. The molecule has 0 aliphatic heterocycles. The van der Waals surface area contributed by atoms with Crippen LogP contribution in [0.15, 0.2) is 48.7 Å². The Hall–Kier alpha value is -2.96. The molecule has 0 aliphatic rings. The van der Waals surface area contributed by atoms with Gasteiger partial charge in [-0.1, -0.05) is 30.3 Å². The van der Waals surface area contributed by atoms with Crippen molar-refractivity contribution in [2.75, 3.05) is 0 Å². The molecule has 7 heteroatoms. The third-order valence-corrected chi connectivity index (χ3v) is 3.69. The molecule has 0 saturated carbocycles. The number of hydrogen-bond acceptors (Lipinski definition) is 5. The summed E-state index contributed by atoms with van der Waals surface area (Å²) in [5.41, 5.74) is 1.21. The second-order valence-electron chi connectivity index (χ2n) is 5.78. The van der Waals surface area contributed by atoms with E-state index in [1.54, 1.807) is 6.92 Å². The predicted octanol–water partition coefficient (Wildman–Crippen LogP) is 2.89. The van der Waals surface area contributed by atoms with Gasteiger partial charge in [-0.2, -0.15) is 0 Å². The topological polar surface area (TPSA) is 94.4 Å². The van der Waals surface area contributed by atoms with Crippen LogP contribution in [0.1, 0.15) is 25.8 Å². The molecule has 0 saturated heterocycles. The summed E-state index contributed by atoms with van der Waals surface area (Å²) in [6.07, 6.45) is 2.09. The van der Waals surface area contributed by atoms with Gasteiger partial charge in [0.15, 0.2) is 6.10 Å². The smallest absolute Gasteiger partial charge is 0.406 e. The summed E-state index contributed by atoms with van der Waals surface area (Å²) in [5, 5.41) is 13.8. The first kappa shape index (κ1) is 18.4. The zero-order valence-corrected chi connectivity index (χ0v) is 14.2. The summed E-state index contributed by atoms with van der Waals surface area (Å²) in [4.78, 5) is 26.2. The Balaban J connectivity index is 1.86. The Bertz CT molecular complexity index is 721. The van der Waals surface area contributed by atoms with E-state index in [1.165, 1.54) is 23.9 Å². The highest BCUT2D eigenvalue weighted by molar-refractivity contribution is 5.81. The molecule has 0 radical (unpaired) electrons. The molecule has 7 nitrogen and oxygen atoms in total. The number of benzene rings is 1. The van der Waals surface area contributed by atoms with Gasteiger partial charge in [0, 0.05) is 6.04 Å². The van der Waals surface area contributed by atoms with Crippen molar-refractivity contribution in [2.45, 2.75) is 38.8 Å². The van der Waals surface area contributed by atoms with E-state index in [9.17, 15) is 14.9 Å². The van der Waals surface area contributed by atoms with Gasteiger partial charge in [0.2, 0.25) is 5.75 Å². The molecule has 1 aromatic heterocycles. The third-order valence-electron chi connectivity index (χ3n) is 3.69. The van der Waals surface area contributed by atoms with Crippen LogP contribution in [-0.4, -0.2) is 28.0 Å². The van der Waals surface area contributed by atoms with Gasteiger partial charge in [-0.3, -0.25) is 4.79 Å². The van der Waals surface area contributed by atoms with Crippen molar-refractivity contribution < 1.29 is 14.5 Å². The minimum absolute atomic E-state index is 0.0212. The summed E-state index contributed by atoms with van der Waals surface area (Å²) < 4.78 is 5.42. The Morgan fingerprint density at radius 1 is 1.24 bits per heavy atom. The van der Waals surface area contributed by atoms with Crippen molar-refractivity contribution in [1.29, 1.82) is 0 Å². The number of nitrogens with one attached hydrogen (secondary N) is 1. The van der Waals surface area contributed by atoms with Crippen molar-refractivity contribution in [3.63, 3.8) is 0 Å². The van der Waals surface area contributed by atoms with Crippen molar-refractivity contribution in [3.8, 4) is 5.75 Å². The Morgan fingerprint density at radius 3 is 2.64 bits per heavy atom. The zero-order valence-electron chi connectivity index (χ0n) is 14.2. The highest BCUT2D eigenvalue weighted by Crippen LogP contribution is 2.24. The lowest BCUT2D eigenvalue weighted by Crippen LogP contribution is -2.41. The molecule has 1 heterocycles. The highest BCUT2D eigenvalue weighted by atomic mass is 16.6. The summed E-state index contributed by atoms with van der Waals surface area (Å²) in [6, 6.07) is 12.9. The van der Waals surface area contributed by atoms with Gasteiger partial charge in [-0.15, -0.1) is 0 Å². The van der Waals surface area contributed by atoms with Gasteiger partial charge in [0.1, 0.15) is 6.20 Å². The fourth-order valence-electron chi connectivity index (χ4n) is 2.32. The van der Waals surface area contributed by atoms with Gasteiger partial charge in [0.05, 0.1) is 0 Å². The van der Waals surface area contributed by atoms with Crippen LogP contribution in [0, 0.1) is 10.1 Å². The molecule has 1 N–H and O–H groups in total. The number of hydrogen-bond donors (Lipinski definition) is 1. The van der Waals surface area contributed by atoms with Crippen LogP contribution in [0.2, 0.25) is 0 Å². The van der Waals surface area contributed by atoms with Crippen LogP contribution in [-0.2, 0) is 11.2 Å². The van der Waals surface area contributed by atoms with E-state index in [-0.39, 0.29) is 17.7 Å². The number of carbonyl (C=O) groups is 1. The molecule has 132 valence electrons. The Labute approximate surface area is 146 Å². The molecule has 25 heavy (non-hydrogen) atoms. The van der Waals surface area contributed by atoms with Gasteiger partial charge in [-0.25, -0.2) is 0 Å². The van der Waals surface area contributed by atoms with E-state index in [2.05, 4.69) is 10.3 Å². The SMILES string of the molecule is CC(CCc1ccccc1)NC(=O)C(C)Oc1cccnc1[N+](=O)[O-]. The maximum absolute atomic E-state index is 12.2. The highest BCUT2D eigenvalue weighted by Gasteiger charge is 2.22. The molecule has 2 atom stereocenters. The summed E-state index contributed by atoms with van der Waals surface area (Å²) in [7, 11) is 0. The molecule has 2 unspecified atom stereocenters. The molecule has 0 fully saturated rings. The van der Waals surface area contributed by atoms with Crippen molar-refractivity contribution in [1.82, 2.24) is 10.3 Å². The van der Waals surface area contributed by atoms with Crippen LogP contribution < -0.4 is 10.1 Å². The second kappa shape index (κ2) is 8.77. The molecule has 0 bridgehead atoms. The lowest BCUT2D eigenvalue weighted by atomic mass is 10.1. The van der Waals surface area contributed by atoms with Crippen LogP contribution in [0.4, 0.5) is 5.82 Å². The van der Waals surface area contributed by atoms with E-state index in [4.69, 9.17) is 4.74 Å². The fourth-order valence-corrected chi connectivity index (χ4v) is 2.32. The maximum atomic E-state index is 12.2. The number of nitro groups is 1. The van der Waals surface area contributed by atoms with Gasteiger partial charge >= 0.3 is 5.82 Å². The van der Waals surface area contributed by atoms with Gasteiger partial charge in [-0.05, 0) is 54.3 Å². The van der Waals surface area contributed by atoms with Crippen LogP contribution in [0.3, 0.4) is 0 Å². The lowest BCUT2D eigenvalue weighted by molar-refractivity contribution is -0.390. The van der Waals surface area contributed by atoms with E-state index < -0.39 is 16.8 Å². The van der Waals surface area contributed by atoms with Crippen molar-refractivity contribution in [2.24, 2.45) is 0 Å². The minimum Gasteiger partial charge on any atom is -0.473 e. The first-order valence-electron chi connectivity index (χ1n) is 8.07. The molecular weight excluding hydrogens is 322 g/mol. The van der Waals surface area contributed by atoms with E-state index in [0.717, 1.165) is 12.8 Å². The van der Waals surface area contributed by atoms with Crippen molar-refractivity contribution in [3.05, 3.63) is 64.3 Å². The van der Waals surface area contributed by atoms with E-state index in [1.807, 2.05) is 37.3 Å². The minimum atomic E-state index is -0.859. The van der Waals surface area contributed by atoms with E-state index >= 15 is 0 Å². The molecule has 2 aromatic rings. The molecule has 0 spiro atoms. The number of aromatic nitrogens is 1. The van der Waals surface area contributed by atoms with Crippen LogP contribution >= 0.6 is 0 Å². The average Bonchev–Trinajstić information content (AvgIpc) is 2.61. The number of nitrogens with zero attached hydrogens (tertiary/aromatic N) is 2. The van der Waals surface area contributed by atoms with Gasteiger partial charge < -0.3 is 20.2 Å². The first-order chi connectivity index (χ1) is 12.0. The maximum Gasteiger partial charge on any atom is 0.406 e. The summed E-state index contributed by atoms with van der Waals surface area (Å²) in [6.45, 7) is 3.47. The molecular formula is C18H21N3O4. The third kappa shape index (κ3) is 5.56. The molecule has 2 rings (SSSR count). The normalized spacial score (nSPS) is 12.9. The van der Waals surface area contributed by atoms with Gasteiger partial charge in [0.25, 0.3) is 5.91 Å². The Morgan fingerprint density at radius 2 is 1.96 bits per heavy atom. The van der Waals surface area contributed by atoms with Crippen molar-refractivity contribution >= 4 is 11.7 Å². The summed E-state index contributed by atoms with van der Waals surface area (Å²) in [5.74, 6) is -0.745.